The third-order valence-corrected chi connectivity index (χ3v) is 10.9. The second kappa shape index (κ2) is 58.7. The maximum atomic E-state index is 11.9. The average molecular weight is 935 g/mol. The number of rotatable bonds is 58. The molecule has 0 N–H and O–H groups in total. The van der Waals surface area contributed by atoms with E-state index in [0.717, 1.165) is 25.7 Å². The molecule has 0 heterocycles. The van der Waals surface area contributed by atoms with Gasteiger partial charge < -0.3 is 52.1 Å². The Labute approximate surface area is 398 Å². The van der Waals surface area contributed by atoms with Gasteiger partial charge in [-0.2, -0.15) is 0 Å². The molecule has 0 amide bonds. The summed E-state index contributed by atoms with van der Waals surface area (Å²) in [5, 5.41) is 0. The summed E-state index contributed by atoms with van der Waals surface area (Å²) in [4.78, 5) is 23.8. The largest absolute Gasteiger partial charge is 0.463 e. The standard InChI is InChI=1S/C52H102O13/c1-3-5-7-9-11-13-15-17-19-21-23-25-27-29-51(53)64-49-47-62-45-43-60-41-39-58-37-35-56-33-31-55-32-34-57-36-38-59-40-42-61-44-46-63-48-50-65-52(54)30-28-26-24-22-20-18-16-14-12-10-8-6-4-2/h3-50H2,1-2H3. The van der Waals surface area contributed by atoms with Crippen LogP contribution in [0.5, 0.6) is 0 Å². The molecule has 0 aromatic rings. The van der Waals surface area contributed by atoms with Crippen molar-refractivity contribution in [2.24, 2.45) is 0 Å². The molecule has 0 aromatic carbocycles. The zero-order chi connectivity index (χ0) is 46.9. The highest BCUT2D eigenvalue weighted by molar-refractivity contribution is 5.69. The van der Waals surface area contributed by atoms with Crippen LogP contribution >= 0.6 is 0 Å². The predicted octanol–water partition coefficient (Wildman–Crippen LogP) is 11.2. The molecule has 13 heteroatoms. The molecular formula is C52H102O13. The lowest BCUT2D eigenvalue weighted by molar-refractivity contribution is -0.146. The van der Waals surface area contributed by atoms with Crippen LogP contribution in [-0.2, 0) is 61.7 Å². The third-order valence-electron chi connectivity index (χ3n) is 10.9. The van der Waals surface area contributed by atoms with Crippen LogP contribution in [0.3, 0.4) is 0 Å². The summed E-state index contributed by atoms with van der Waals surface area (Å²) < 4.78 is 60.1. The predicted molar refractivity (Wildman–Crippen MR) is 260 cm³/mol. The smallest absolute Gasteiger partial charge is 0.305 e. The maximum Gasteiger partial charge on any atom is 0.305 e. The van der Waals surface area contributed by atoms with E-state index >= 15 is 0 Å². The monoisotopic (exact) mass is 935 g/mol. The van der Waals surface area contributed by atoms with Gasteiger partial charge in [0, 0.05) is 12.8 Å². The zero-order valence-electron chi connectivity index (χ0n) is 42.2. The Balaban J connectivity index is 3.16. The number of carbonyl (C=O) groups excluding carboxylic acids is 2. The van der Waals surface area contributed by atoms with E-state index in [0.29, 0.717) is 132 Å². The van der Waals surface area contributed by atoms with Crippen molar-refractivity contribution >= 4 is 11.9 Å². The number of ether oxygens (including phenoxy) is 11. The highest BCUT2D eigenvalue weighted by Crippen LogP contribution is 2.14. The van der Waals surface area contributed by atoms with E-state index in [-0.39, 0.29) is 25.2 Å². The molecule has 0 radical (unpaired) electrons. The first-order valence-electron chi connectivity index (χ1n) is 26.7. The van der Waals surface area contributed by atoms with E-state index in [1.54, 1.807) is 0 Å². The molecule has 65 heavy (non-hydrogen) atoms. The van der Waals surface area contributed by atoms with Gasteiger partial charge in [0.25, 0.3) is 0 Å². The molecular weight excluding hydrogens is 833 g/mol. The second-order valence-corrected chi connectivity index (χ2v) is 16.9. The summed E-state index contributed by atoms with van der Waals surface area (Å²) >= 11 is 0. The number of esters is 2. The highest BCUT2D eigenvalue weighted by atomic mass is 16.6. The summed E-state index contributed by atoms with van der Waals surface area (Å²) in [6, 6.07) is 0. The molecule has 0 saturated carbocycles. The molecule has 0 rings (SSSR count). The van der Waals surface area contributed by atoms with Gasteiger partial charge in [-0.15, -0.1) is 0 Å². The molecule has 388 valence electrons. The van der Waals surface area contributed by atoms with Crippen LogP contribution in [0.25, 0.3) is 0 Å². The lowest BCUT2D eigenvalue weighted by Gasteiger charge is -2.09. The maximum absolute atomic E-state index is 11.9. The molecule has 0 aliphatic carbocycles. The lowest BCUT2D eigenvalue weighted by atomic mass is 10.0. The second-order valence-electron chi connectivity index (χ2n) is 16.9. The topological polar surface area (TPSA) is 136 Å². The zero-order valence-corrected chi connectivity index (χ0v) is 42.2. The molecule has 0 aromatic heterocycles. The minimum atomic E-state index is -0.133. The van der Waals surface area contributed by atoms with Crippen molar-refractivity contribution in [1.82, 2.24) is 0 Å². The third kappa shape index (κ3) is 58.6. The van der Waals surface area contributed by atoms with Crippen molar-refractivity contribution in [1.29, 1.82) is 0 Å². The van der Waals surface area contributed by atoms with Crippen molar-refractivity contribution in [3.8, 4) is 0 Å². The Morgan fingerprint density at radius 3 is 0.554 bits per heavy atom. The van der Waals surface area contributed by atoms with Crippen molar-refractivity contribution in [3.63, 3.8) is 0 Å². The van der Waals surface area contributed by atoms with Gasteiger partial charge in [-0.05, 0) is 12.8 Å². The van der Waals surface area contributed by atoms with E-state index in [9.17, 15) is 9.59 Å². The van der Waals surface area contributed by atoms with Gasteiger partial charge >= 0.3 is 11.9 Å². The molecule has 0 bridgehead atoms. The van der Waals surface area contributed by atoms with E-state index in [2.05, 4.69) is 13.8 Å². The van der Waals surface area contributed by atoms with Gasteiger partial charge in [-0.25, -0.2) is 0 Å². The van der Waals surface area contributed by atoms with Crippen LogP contribution in [0.4, 0.5) is 0 Å². The number of hydrogen-bond donors (Lipinski definition) is 0. The summed E-state index contributed by atoms with van der Waals surface area (Å²) in [7, 11) is 0. The summed E-state index contributed by atoms with van der Waals surface area (Å²) in [5.41, 5.74) is 0. The Kier molecular flexibility index (Phi) is 57.4. The van der Waals surface area contributed by atoms with Gasteiger partial charge in [-0.1, -0.05) is 168 Å². The van der Waals surface area contributed by atoms with Crippen LogP contribution in [0.1, 0.15) is 194 Å². The van der Waals surface area contributed by atoms with E-state index in [1.165, 1.54) is 141 Å². The number of hydrogen-bond acceptors (Lipinski definition) is 13. The first-order valence-corrected chi connectivity index (χ1v) is 26.7. The highest BCUT2D eigenvalue weighted by Gasteiger charge is 2.05. The first-order chi connectivity index (χ1) is 32.2. The fraction of sp³-hybridized carbons (Fsp3) is 0.962. The molecule has 13 nitrogen and oxygen atoms in total. The van der Waals surface area contributed by atoms with Gasteiger partial charge in [0.2, 0.25) is 0 Å². The molecule has 0 spiro atoms. The normalized spacial score (nSPS) is 11.5. The lowest BCUT2D eigenvalue weighted by Crippen LogP contribution is -2.15. The van der Waals surface area contributed by atoms with Crippen molar-refractivity contribution in [2.75, 3.05) is 132 Å². The Bertz CT molecular complexity index is 842. The number of carbonyl (C=O) groups is 2. The van der Waals surface area contributed by atoms with Crippen molar-refractivity contribution < 1.29 is 61.7 Å². The van der Waals surface area contributed by atoms with Crippen LogP contribution in [0.2, 0.25) is 0 Å². The van der Waals surface area contributed by atoms with E-state index < -0.39 is 0 Å². The summed E-state index contributed by atoms with van der Waals surface area (Å²) in [5.74, 6) is -0.266. The minimum absolute atomic E-state index is 0.133. The van der Waals surface area contributed by atoms with E-state index in [4.69, 9.17) is 52.1 Å². The van der Waals surface area contributed by atoms with Crippen molar-refractivity contribution in [2.45, 2.75) is 194 Å². The fourth-order valence-electron chi connectivity index (χ4n) is 7.01. The summed E-state index contributed by atoms with van der Waals surface area (Å²) in [6.45, 7) is 13.6. The summed E-state index contributed by atoms with van der Waals surface area (Å²) in [6.07, 6.45) is 34.6. The molecule has 0 fully saturated rings. The average Bonchev–Trinajstić information content (AvgIpc) is 3.31. The molecule has 0 saturated heterocycles. The van der Waals surface area contributed by atoms with Crippen molar-refractivity contribution in [3.05, 3.63) is 0 Å². The van der Waals surface area contributed by atoms with Gasteiger partial charge in [0.05, 0.1) is 119 Å². The van der Waals surface area contributed by atoms with Crippen LogP contribution < -0.4 is 0 Å². The van der Waals surface area contributed by atoms with Crippen LogP contribution in [-0.4, -0.2) is 144 Å². The Morgan fingerprint density at radius 1 is 0.215 bits per heavy atom. The van der Waals surface area contributed by atoms with Crippen LogP contribution in [0.15, 0.2) is 0 Å². The van der Waals surface area contributed by atoms with Gasteiger partial charge in [-0.3, -0.25) is 9.59 Å². The SMILES string of the molecule is CCCCCCCCCCCCCCCC(=O)OCCOCCOCCOCCOCCOCCOCCOCCOCCOCCOC(=O)CCCCCCCCCCCCCCC. The molecule has 0 atom stereocenters. The fourth-order valence-corrected chi connectivity index (χ4v) is 7.01. The quantitative estimate of drug-likeness (QED) is 0.0423. The van der Waals surface area contributed by atoms with Gasteiger partial charge in [0.15, 0.2) is 0 Å². The Morgan fingerprint density at radius 2 is 0.369 bits per heavy atom. The van der Waals surface area contributed by atoms with Crippen LogP contribution in [0, 0.1) is 0 Å². The Hall–Kier alpha value is -1.42. The first kappa shape index (κ1) is 63.6. The molecule has 0 aliphatic rings. The number of unbranched alkanes of at least 4 members (excludes halogenated alkanes) is 24. The van der Waals surface area contributed by atoms with Gasteiger partial charge in [0.1, 0.15) is 13.2 Å². The van der Waals surface area contributed by atoms with E-state index in [1.807, 2.05) is 0 Å². The molecule has 0 aliphatic heterocycles. The molecule has 0 unspecified atom stereocenters. The minimum Gasteiger partial charge on any atom is -0.463 e.